The van der Waals surface area contributed by atoms with E-state index >= 15 is 0 Å². The molecule has 0 aliphatic carbocycles. The standard InChI is InChI=1S/C27H31N3O4S/c31-27(28-16-7-17-29-18-20-34-21-19-29)24-14-12-23(13-15-24)22-30(25-8-3-1-4-9-25)35(32,33)26-10-5-2-6-11-26/h1-6,8-15H,7,16-22H2,(H,28,31). The molecule has 0 atom stereocenters. The van der Waals surface area contributed by atoms with E-state index in [1.807, 2.05) is 18.2 Å². The van der Waals surface area contributed by atoms with Gasteiger partial charge in [0.1, 0.15) is 0 Å². The topological polar surface area (TPSA) is 79.0 Å². The van der Waals surface area contributed by atoms with Crippen molar-refractivity contribution in [1.82, 2.24) is 10.2 Å². The lowest BCUT2D eigenvalue weighted by Crippen LogP contribution is -2.38. The summed E-state index contributed by atoms with van der Waals surface area (Å²) in [6, 6.07) is 24.5. The van der Waals surface area contributed by atoms with Crippen molar-refractivity contribution in [1.29, 1.82) is 0 Å². The number of carbonyl (C=O) groups is 1. The molecule has 1 N–H and O–H groups in total. The highest BCUT2D eigenvalue weighted by atomic mass is 32.2. The molecule has 0 bridgehead atoms. The van der Waals surface area contributed by atoms with Crippen LogP contribution in [0.3, 0.4) is 0 Å². The average molecular weight is 494 g/mol. The molecule has 7 nitrogen and oxygen atoms in total. The number of benzene rings is 3. The van der Waals surface area contributed by atoms with Crippen molar-refractivity contribution in [3.8, 4) is 0 Å². The summed E-state index contributed by atoms with van der Waals surface area (Å²) in [6.07, 6.45) is 0.882. The second-order valence-electron chi connectivity index (χ2n) is 8.42. The summed E-state index contributed by atoms with van der Waals surface area (Å²) in [5, 5.41) is 2.97. The van der Waals surface area contributed by atoms with Crippen molar-refractivity contribution < 1.29 is 17.9 Å². The van der Waals surface area contributed by atoms with Gasteiger partial charge in [0.05, 0.1) is 30.3 Å². The normalized spacial score (nSPS) is 14.4. The van der Waals surface area contributed by atoms with Crippen LogP contribution in [0.1, 0.15) is 22.3 Å². The Balaban J connectivity index is 1.40. The molecule has 1 fully saturated rings. The maximum atomic E-state index is 13.4. The maximum Gasteiger partial charge on any atom is 0.264 e. The Morgan fingerprint density at radius 2 is 1.51 bits per heavy atom. The molecular formula is C27H31N3O4S. The predicted octanol–water partition coefficient (Wildman–Crippen LogP) is 3.53. The Kier molecular flexibility index (Phi) is 8.52. The van der Waals surface area contributed by atoms with Gasteiger partial charge in [-0.3, -0.25) is 14.0 Å². The summed E-state index contributed by atoms with van der Waals surface area (Å²) in [5.41, 5.74) is 1.92. The lowest BCUT2D eigenvalue weighted by Gasteiger charge is -2.26. The quantitative estimate of drug-likeness (QED) is 0.437. The molecule has 0 spiro atoms. The van der Waals surface area contributed by atoms with E-state index in [0.29, 0.717) is 17.8 Å². The monoisotopic (exact) mass is 493 g/mol. The summed E-state index contributed by atoms with van der Waals surface area (Å²) in [4.78, 5) is 15.1. The van der Waals surface area contributed by atoms with Crippen molar-refractivity contribution in [2.24, 2.45) is 0 Å². The fourth-order valence-electron chi connectivity index (χ4n) is 3.99. The Hall–Kier alpha value is -3.20. The molecule has 4 rings (SSSR count). The van der Waals surface area contributed by atoms with Gasteiger partial charge in [0.2, 0.25) is 0 Å². The van der Waals surface area contributed by atoms with E-state index < -0.39 is 10.0 Å². The van der Waals surface area contributed by atoms with Crippen LogP contribution < -0.4 is 9.62 Å². The number of nitrogens with zero attached hydrogens (tertiary/aromatic N) is 2. The second-order valence-corrected chi connectivity index (χ2v) is 10.3. The fourth-order valence-corrected chi connectivity index (χ4v) is 5.46. The van der Waals surface area contributed by atoms with E-state index in [4.69, 9.17) is 4.74 Å². The van der Waals surface area contributed by atoms with Gasteiger partial charge in [-0.15, -0.1) is 0 Å². The van der Waals surface area contributed by atoms with Crippen LogP contribution in [0.15, 0.2) is 89.8 Å². The van der Waals surface area contributed by atoms with Crippen LogP contribution in [0.2, 0.25) is 0 Å². The van der Waals surface area contributed by atoms with Crippen LogP contribution >= 0.6 is 0 Å². The van der Waals surface area contributed by atoms with E-state index in [0.717, 1.165) is 44.8 Å². The van der Waals surface area contributed by atoms with Crippen molar-refractivity contribution in [3.63, 3.8) is 0 Å². The number of amides is 1. The first-order chi connectivity index (χ1) is 17.0. The van der Waals surface area contributed by atoms with E-state index in [-0.39, 0.29) is 17.3 Å². The van der Waals surface area contributed by atoms with Crippen LogP contribution in [0.25, 0.3) is 0 Å². The Morgan fingerprint density at radius 3 is 2.17 bits per heavy atom. The predicted molar refractivity (Wildman–Crippen MR) is 137 cm³/mol. The highest BCUT2D eigenvalue weighted by molar-refractivity contribution is 7.92. The largest absolute Gasteiger partial charge is 0.379 e. The van der Waals surface area contributed by atoms with Crippen LogP contribution in [0.5, 0.6) is 0 Å². The Bertz CT molecular complexity index is 1180. The van der Waals surface area contributed by atoms with Crippen molar-refractivity contribution >= 4 is 21.6 Å². The van der Waals surface area contributed by atoms with E-state index in [1.54, 1.807) is 66.7 Å². The van der Waals surface area contributed by atoms with Gasteiger partial charge in [-0.05, 0) is 54.9 Å². The Morgan fingerprint density at radius 1 is 0.886 bits per heavy atom. The molecule has 3 aromatic rings. The molecule has 0 radical (unpaired) electrons. The zero-order valence-corrected chi connectivity index (χ0v) is 20.5. The molecule has 1 aliphatic heterocycles. The SMILES string of the molecule is O=C(NCCCN1CCOCC1)c1ccc(CN(c2ccccc2)S(=O)(=O)c2ccccc2)cc1. The zero-order chi connectivity index (χ0) is 24.5. The molecule has 0 unspecified atom stereocenters. The van der Waals surface area contributed by atoms with E-state index in [1.165, 1.54) is 4.31 Å². The van der Waals surface area contributed by atoms with Crippen LogP contribution in [0, 0.1) is 0 Å². The first-order valence-corrected chi connectivity index (χ1v) is 13.3. The highest BCUT2D eigenvalue weighted by Crippen LogP contribution is 2.25. The molecule has 1 amide bonds. The minimum Gasteiger partial charge on any atom is -0.379 e. The van der Waals surface area contributed by atoms with Gasteiger partial charge in [0.15, 0.2) is 0 Å². The molecule has 8 heteroatoms. The van der Waals surface area contributed by atoms with Crippen LogP contribution in [0.4, 0.5) is 5.69 Å². The number of carbonyl (C=O) groups excluding carboxylic acids is 1. The number of rotatable bonds is 10. The number of ether oxygens (including phenoxy) is 1. The van der Waals surface area contributed by atoms with Crippen LogP contribution in [-0.2, 0) is 21.3 Å². The molecule has 0 saturated carbocycles. The fraction of sp³-hybridized carbons (Fsp3) is 0.296. The first kappa shape index (κ1) is 24.9. The number of hydrogen-bond acceptors (Lipinski definition) is 5. The van der Waals surface area contributed by atoms with E-state index in [9.17, 15) is 13.2 Å². The first-order valence-electron chi connectivity index (χ1n) is 11.8. The van der Waals surface area contributed by atoms with Gasteiger partial charge in [-0.1, -0.05) is 48.5 Å². The van der Waals surface area contributed by atoms with Crippen molar-refractivity contribution in [2.75, 3.05) is 43.7 Å². The van der Waals surface area contributed by atoms with Crippen LogP contribution in [-0.4, -0.2) is 58.6 Å². The molecule has 1 aliphatic rings. The third-order valence-corrected chi connectivity index (χ3v) is 7.75. The number of anilines is 1. The molecule has 1 saturated heterocycles. The molecule has 35 heavy (non-hydrogen) atoms. The third kappa shape index (κ3) is 6.69. The minimum atomic E-state index is -3.76. The maximum absolute atomic E-state index is 13.4. The van der Waals surface area contributed by atoms with Gasteiger partial charge in [-0.25, -0.2) is 8.42 Å². The van der Waals surface area contributed by atoms with Gasteiger partial charge in [-0.2, -0.15) is 0 Å². The average Bonchev–Trinajstić information content (AvgIpc) is 2.91. The molecule has 3 aromatic carbocycles. The zero-order valence-electron chi connectivity index (χ0n) is 19.7. The van der Waals surface area contributed by atoms with Gasteiger partial charge in [0, 0.05) is 25.2 Å². The van der Waals surface area contributed by atoms with Gasteiger partial charge < -0.3 is 10.1 Å². The lowest BCUT2D eigenvalue weighted by molar-refractivity contribution is 0.0374. The number of sulfonamides is 1. The smallest absolute Gasteiger partial charge is 0.264 e. The molecule has 0 aromatic heterocycles. The number of para-hydroxylation sites is 1. The molecule has 1 heterocycles. The third-order valence-electron chi connectivity index (χ3n) is 5.96. The Labute approximate surface area is 207 Å². The molecular weight excluding hydrogens is 462 g/mol. The number of hydrogen-bond donors (Lipinski definition) is 1. The van der Waals surface area contributed by atoms with Crippen molar-refractivity contribution in [3.05, 3.63) is 96.1 Å². The summed E-state index contributed by atoms with van der Waals surface area (Å²) in [7, 11) is -3.76. The summed E-state index contributed by atoms with van der Waals surface area (Å²) < 4.78 is 33.6. The lowest BCUT2D eigenvalue weighted by atomic mass is 10.1. The highest BCUT2D eigenvalue weighted by Gasteiger charge is 2.25. The minimum absolute atomic E-state index is 0.129. The van der Waals surface area contributed by atoms with E-state index in [2.05, 4.69) is 10.2 Å². The van der Waals surface area contributed by atoms with Crippen molar-refractivity contribution in [2.45, 2.75) is 17.9 Å². The number of morpholine rings is 1. The molecule has 184 valence electrons. The summed E-state index contributed by atoms with van der Waals surface area (Å²) >= 11 is 0. The summed E-state index contributed by atoms with van der Waals surface area (Å²) in [6.45, 7) is 5.12. The van der Waals surface area contributed by atoms with Gasteiger partial charge in [0.25, 0.3) is 15.9 Å². The summed E-state index contributed by atoms with van der Waals surface area (Å²) in [5.74, 6) is -0.129. The van der Waals surface area contributed by atoms with Gasteiger partial charge >= 0.3 is 0 Å². The second kappa shape index (κ2) is 12.0. The number of nitrogens with one attached hydrogen (secondary N) is 1.